The summed E-state index contributed by atoms with van der Waals surface area (Å²) < 4.78 is 0. The number of aliphatic hydroxyl groups excluding tert-OH is 1. The zero-order valence-electron chi connectivity index (χ0n) is 14.2. The minimum Gasteiger partial charge on any atom is -0.508 e. The van der Waals surface area contributed by atoms with Crippen LogP contribution in [0, 0.1) is 0 Å². The number of aliphatic hydroxyl groups is 1. The molecule has 0 saturated carbocycles. The largest absolute Gasteiger partial charge is 0.508 e. The van der Waals surface area contributed by atoms with E-state index in [2.05, 4.69) is 5.32 Å². The summed E-state index contributed by atoms with van der Waals surface area (Å²) in [5.41, 5.74) is 6.38. The molecule has 0 saturated heterocycles. The first-order valence-corrected chi connectivity index (χ1v) is 7.83. The summed E-state index contributed by atoms with van der Waals surface area (Å²) in [6, 6.07) is 1.56. The van der Waals surface area contributed by atoms with E-state index in [1.165, 1.54) is 12.1 Å². The molecule has 2 amide bonds. The normalized spacial score (nSPS) is 13.9. The van der Waals surface area contributed by atoms with Crippen LogP contribution < -0.4 is 16.4 Å². The molecule has 8 N–H and O–H groups in total. The van der Waals surface area contributed by atoms with Gasteiger partial charge in [0.1, 0.15) is 17.8 Å². The average molecular weight is 383 g/mol. The van der Waals surface area contributed by atoms with E-state index in [9.17, 15) is 24.3 Å². The third kappa shape index (κ3) is 7.30. The molecule has 1 aromatic carbocycles. The SMILES string of the molecule is N[C@@H](Cc1ccc(O)cc1)C(=O)N[C@@H](CC(=O)O)C(=O)N[C@@H](CO)C(=O)O. The van der Waals surface area contributed by atoms with Crippen LogP contribution in [-0.2, 0) is 25.6 Å². The van der Waals surface area contributed by atoms with Crippen molar-refractivity contribution >= 4 is 23.8 Å². The fourth-order valence-corrected chi connectivity index (χ4v) is 2.10. The molecule has 0 radical (unpaired) electrons. The Kier molecular flexibility index (Phi) is 8.17. The Morgan fingerprint density at radius 3 is 2.00 bits per heavy atom. The van der Waals surface area contributed by atoms with Crippen molar-refractivity contribution < 1.29 is 39.6 Å². The van der Waals surface area contributed by atoms with Gasteiger partial charge in [-0.2, -0.15) is 0 Å². The van der Waals surface area contributed by atoms with Crippen LogP contribution in [-0.4, -0.2) is 68.9 Å². The van der Waals surface area contributed by atoms with Crippen molar-refractivity contribution in [1.29, 1.82) is 0 Å². The lowest BCUT2D eigenvalue weighted by atomic mass is 10.0. The molecule has 0 spiro atoms. The van der Waals surface area contributed by atoms with E-state index in [4.69, 9.17) is 21.1 Å². The Bertz CT molecular complexity index is 691. The predicted molar refractivity (Wildman–Crippen MR) is 90.6 cm³/mol. The lowest BCUT2D eigenvalue weighted by molar-refractivity contribution is -0.144. The summed E-state index contributed by atoms with van der Waals surface area (Å²) in [4.78, 5) is 46.0. The molecule has 1 aromatic rings. The highest BCUT2D eigenvalue weighted by atomic mass is 16.4. The van der Waals surface area contributed by atoms with Gasteiger partial charge >= 0.3 is 11.9 Å². The Morgan fingerprint density at radius 1 is 0.963 bits per heavy atom. The van der Waals surface area contributed by atoms with Gasteiger partial charge in [-0.25, -0.2) is 4.79 Å². The molecule has 0 aliphatic heterocycles. The van der Waals surface area contributed by atoms with Crippen molar-refractivity contribution in [1.82, 2.24) is 10.6 Å². The van der Waals surface area contributed by atoms with E-state index in [1.54, 1.807) is 12.1 Å². The maximum atomic E-state index is 12.2. The van der Waals surface area contributed by atoms with Gasteiger partial charge in [-0.05, 0) is 24.1 Å². The molecule has 0 aromatic heterocycles. The van der Waals surface area contributed by atoms with Gasteiger partial charge in [0.05, 0.1) is 19.1 Å². The third-order valence-electron chi connectivity index (χ3n) is 3.54. The lowest BCUT2D eigenvalue weighted by Crippen LogP contribution is -2.56. The van der Waals surface area contributed by atoms with Gasteiger partial charge in [-0.15, -0.1) is 0 Å². The molecule has 11 nitrogen and oxygen atoms in total. The number of phenols is 1. The number of aliphatic carboxylic acids is 2. The molecule has 11 heteroatoms. The quantitative estimate of drug-likeness (QED) is 0.234. The van der Waals surface area contributed by atoms with E-state index < -0.39 is 54.9 Å². The number of phenolic OH excluding ortho intramolecular Hbond substituents is 1. The fourth-order valence-electron chi connectivity index (χ4n) is 2.10. The highest BCUT2D eigenvalue weighted by molar-refractivity contribution is 5.94. The second kappa shape index (κ2) is 10.1. The minimum atomic E-state index is -1.64. The fraction of sp³-hybridized carbons (Fsp3) is 0.375. The monoisotopic (exact) mass is 383 g/mol. The summed E-state index contributed by atoms with van der Waals surface area (Å²) in [5.74, 6) is -4.79. The second-order valence-electron chi connectivity index (χ2n) is 5.72. The van der Waals surface area contributed by atoms with Crippen LogP contribution in [0.1, 0.15) is 12.0 Å². The topological polar surface area (TPSA) is 199 Å². The first-order chi connectivity index (χ1) is 12.6. The molecule has 0 heterocycles. The maximum absolute atomic E-state index is 12.2. The van der Waals surface area contributed by atoms with Crippen molar-refractivity contribution in [2.24, 2.45) is 5.73 Å². The van der Waals surface area contributed by atoms with Crippen LogP contribution in [0.2, 0.25) is 0 Å². The molecule has 0 fully saturated rings. The van der Waals surface area contributed by atoms with Crippen molar-refractivity contribution in [3.05, 3.63) is 29.8 Å². The van der Waals surface area contributed by atoms with Gasteiger partial charge < -0.3 is 36.8 Å². The third-order valence-corrected chi connectivity index (χ3v) is 3.54. The minimum absolute atomic E-state index is 0.0341. The molecule has 3 atom stereocenters. The van der Waals surface area contributed by atoms with Gasteiger partial charge in [0.15, 0.2) is 0 Å². The summed E-state index contributed by atoms with van der Waals surface area (Å²) in [6.07, 6.45) is -0.747. The molecule has 148 valence electrons. The van der Waals surface area contributed by atoms with Crippen LogP contribution >= 0.6 is 0 Å². The van der Waals surface area contributed by atoms with E-state index >= 15 is 0 Å². The summed E-state index contributed by atoms with van der Waals surface area (Å²) in [7, 11) is 0. The number of amides is 2. The Labute approximate surface area is 153 Å². The van der Waals surface area contributed by atoms with E-state index in [0.29, 0.717) is 5.56 Å². The molecular formula is C16H21N3O8. The van der Waals surface area contributed by atoms with E-state index in [0.717, 1.165) is 0 Å². The number of rotatable bonds is 10. The number of carbonyl (C=O) groups is 4. The highest BCUT2D eigenvalue weighted by Crippen LogP contribution is 2.11. The summed E-state index contributed by atoms with van der Waals surface area (Å²) in [5, 5.41) is 40.0. The highest BCUT2D eigenvalue weighted by Gasteiger charge is 2.29. The molecule has 0 aliphatic carbocycles. The Hall–Kier alpha value is -3.18. The van der Waals surface area contributed by atoms with Gasteiger partial charge in [-0.1, -0.05) is 12.1 Å². The zero-order chi connectivity index (χ0) is 20.6. The van der Waals surface area contributed by atoms with Crippen LogP contribution in [0.4, 0.5) is 0 Å². The number of hydrogen-bond acceptors (Lipinski definition) is 7. The molecule has 0 unspecified atom stereocenters. The number of carbonyl (C=O) groups excluding carboxylic acids is 2. The second-order valence-corrected chi connectivity index (χ2v) is 5.72. The maximum Gasteiger partial charge on any atom is 0.328 e. The zero-order valence-corrected chi connectivity index (χ0v) is 14.2. The number of carboxylic acids is 2. The average Bonchev–Trinajstić information content (AvgIpc) is 2.59. The summed E-state index contributed by atoms with van der Waals surface area (Å²) in [6.45, 7) is -0.908. The van der Waals surface area contributed by atoms with Gasteiger partial charge in [0.25, 0.3) is 0 Å². The predicted octanol–water partition coefficient (Wildman–Crippen LogP) is -2.22. The van der Waals surface area contributed by atoms with Crippen LogP contribution in [0.3, 0.4) is 0 Å². The lowest BCUT2D eigenvalue weighted by Gasteiger charge is -2.21. The van der Waals surface area contributed by atoms with Gasteiger partial charge in [0, 0.05) is 0 Å². The van der Waals surface area contributed by atoms with Crippen LogP contribution in [0.5, 0.6) is 5.75 Å². The number of nitrogens with one attached hydrogen (secondary N) is 2. The van der Waals surface area contributed by atoms with Gasteiger partial charge in [-0.3, -0.25) is 14.4 Å². The number of hydrogen-bond donors (Lipinski definition) is 7. The standard InChI is InChI=1S/C16H21N3O8/c17-10(5-8-1-3-9(21)4-2-8)14(24)18-11(6-13(22)23)15(25)19-12(7-20)16(26)27/h1-4,10-12,20-21H,5-7,17H2,(H,18,24)(H,19,25)(H,22,23)(H,26,27)/t10-,11-,12-/m0/s1. The van der Waals surface area contributed by atoms with Crippen LogP contribution in [0.25, 0.3) is 0 Å². The molecule has 0 bridgehead atoms. The number of aromatic hydroxyl groups is 1. The Balaban J connectivity index is 2.77. The molecular weight excluding hydrogens is 362 g/mol. The smallest absolute Gasteiger partial charge is 0.328 e. The molecule has 1 rings (SSSR count). The van der Waals surface area contributed by atoms with Crippen molar-refractivity contribution in [3.8, 4) is 5.75 Å². The first kappa shape index (κ1) is 21.9. The van der Waals surface area contributed by atoms with Crippen molar-refractivity contribution in [2.75, 3.05) is 6.61 Å². The van der Waals surface area contributed by atoms with Crippen LogP contribution in [0.15, 0.2) is 24.3 Å². The molecule has 27 heavy (non-hydrogen) atoms. The van der Waals surface area contributed by atoms with Gasteiger partial charge in [0.2, 0.25) is 11.8 Å². The Morgan fingerprint density at radius 2 is 1.52 bits per heavy atom. The van der Waals surface area contributed by atoms with Crippen molar-refractivity contribution in [2.45, 2.75) is 31.0 Å². The number of nitrogens with two attached hydrogens (primary N) is 1. The van der Waals surface area contributed by atoms with E-state index in [1.807, 2.05) is 5.32 Å². The first-order valence-electron chi connectivity index (χ1n) is 7.83. The number of benzene rings is 1. The van der Waals surface area contributed by atoms with E-state index in [-0.39, 0.29) is 12.2 Å². The van der Waals surface area contributed by atoms with Crippen molar-refractivity contribution in [3.63, 3.8) is 0 Å². The number of carboxylic acid groups (broad SMARTS) is 2. The summed E-state index contributed by atoms with van der Waals surface area (Å²) >= 11 is 0. The molecule has 0 aliphatic rings.